The summed E-state index contributed by atoms with van der Waals surface area (Å²) < 4.78 is 3.94. The Morgan fingerprint density at radius 2 is 1.92 bits per heavy atom. The van der Waals surface area contributed by atoms with E-state index in [1.54, 1.807) is 0 Å². The molecule has 0 radical (unpaired) electrons. The van der Waals surface area contributed by atoms with Crippen molar-refractivity contribution in [2.75, 3.05) is 32.5 Å². The molecule has 0 saturated heterocycles. The molecule has 3 aromatic heterocycles. The first-order valence-corrected chi connectivity index (χ1v) is 12.5. The Kier molecular flexibility index (Phi) is 6.97. The van der Waals surface area contributed by atoms with Crippen molar-refractivity contribution < 1.29 is 5.11 Å². The molecule has 186 valence electrons. The first kappa shape index (κ1) is 24.0. The number of nitrogens with zero attached hydrogens (tertiary/aromatic N) is 6. The first-order valence-electron chi connectivity index (χ1n) is 12.5. The SMILES string of the molecule is CCC(CCN(C)CCO)c1cc(-c2ccc3cn(Cc4ccccc4)nc3c2)c2c(N)ncnn12. The van der Waals surface area contributed by atoms with Gasteiger partial charge in [-0.3, -0.25) is 4.68 Å². The third kappa shape index (κ3) is 4.82. The molecule has 0 aliphatic carbocycles. The topological polar surface area (TPSA) is 97.5 Å². The zero-order chi connectivity index (χ0) is 25.1. The maximum atomic E-state index is 9.24. The Morgan fingerprint density at radius 3 is 2.69 bits per heavy atom. The van der Waals surface area contributed by atoms with E-state index in [2.05, 4.69) is 64.5 Å². The van der Waals surface area contributed by atoms with E-state index in [1.165, 1.54) is 11.9 Å². The summed E-state index contributed by atoms with van der Waals surface area (Å²) in [6, 6.07) is 18.9. The van der Waals surface area contributed by atoms with Gasteiger partial charge in [-0.15, -0.1) is 0 Å². The fourth-order valence-electron chi connectivity index (χ4n) is 4.91. The molecule has 8 nitrogen and oxygen atoms in total. The van der Waals surface area contributed by atoms with Crippen molar-refractivity contribution in [2.24, 2.45) is 0 Å². The van der Waals surface area contributed by atoms with Crippen molar-refractivity contribution >= 4 is 22.2 Å². The van der Waals surface area contributed by atoms with Gasteiger partial charge in [0.25, 0.3) is 0 Å². The fraction of sp³-hybridized carbons (Fsp3) is 0.321. The number of aromatic nitrogens is 5. The lowest BCUT2D eigenvalue weighted by Crippen LogP contribution is -2.24. The second-order valence-corrected chi connectivity index (χ2v) is 9.40. The Bertz CT molecular complexity index is 1460. The zero-order valence-electron chi connectivity index (χ0n) is 20.9. The second-order valence-electron chi connectivity index (χ2n) is 9.40. The molecule has 0 spiro atoms. The van der Waals surface area contributed by atoms with Crippen LogP contribution in [0.1, 0.15) is 36.9 Å². The number of hydrogen-bond acceptors (Lipinski definition) is 6. The quantitative estimate of drug-likeness (QED) is 0.309. The standard InChI is InChI=1S/C28H33N7O/c1-3-21(11-12-33(2)13-14-36)26-16-24(27-28(29)30-19-31-35(26)27)22-9-10-23-18-34(32-25(23)15-22)17-20-7-5-4-6-8-20/h4-10,15-16,18-19,21,36H,3,11-14,17H2,1-2H3,(H2,29,30,31). The lowest BCUT2D eigenvalue weighted by atomic mass is 9.97. The number of fused-ring (bicyclic) bond motifs is 2. The molecule has 0 amide bonds. The molecule has 3 N–H and O–H groups in total. The van der Waals surface area contributed by atoms with Crippen molar-refractivity contribution in [3.63, 3.8) is 0 Å². The van der Waals surface area contributed by atoms with Crippen LogP contribution in [0.25, 0.3) is 27.5 Å². The highest BCUT2D eigenvalue weighted by molar-refractivity contribution is 5.92. The molecule has 0 aliphatic heterocycles. The molecule has 1 atom stereocenters. The number of anilines is 1. The van der Waals surface area contributed by atoms with Gasteiger partial charge in [0.1, 0.15) is 11.8 Å². The number of likely N-dealkylation sites (N-methyl/N-ethyl adjacent to an activating group) is 1. The van der Waals surface area contributed by atoms with Crippen LogP contribution in [-0.4, -0.2) is 61.1 Å². The van der Waals surface area contributed by atoms with Gasteiger partial charge >= 0.3 is 0 Å². The molecule has 0 fully saturated rings. The molecule has 2 aromatic carbocycles. The third-order valence-electron chi connectivity index (χ3n) is 6.92. The Labute approximate surface area is 211 Å². The van der Waals surface area contributed by atoms with Gasteiger partial charge in [-0.05, 0) is 49.7 Å². The maximum absolute atomic E-state index is 9.24. The van der Waals surface area contributed by atoms with Crippen molar-refractivity contribution in [1.82, 2.24) is 29.3 Å². The van der Waals surface area contributed by atoms with Crippen LogP contribution in [0.3, 0.4) is 0 Å². The molecular weight excluding hydrogens is 450 g/mol. The summed E-state index contributed by atoms with van der Waals surface area (Å²) in [4.78, 5) is 6.45. The first-order chi connectivity index (χ1) is 17.6. The smallest absolute Gasteiger partial charge is 0.151 e. The van der Waals surface area contributed by atoms with E-state index >= 15 is 0 Å². The van der Waals surface area contributed by atoms with Gasteiger partial charge in [-0.2, -0.15) is 10.2 Å². The van der Waals surface area contributed by atoms with Crippen LogP contribution in [0.2, 0.25) is 0 Å². The number of nitrogen functional groups attached to an aromatic ring is 1. The number of aliphatic hydroxyl groups excluding tert-OH is 1. The normalized spacial score (nSPS) is 12.7. The molecule has 0 saturated carbocycles. The highest BCUT2D eigenvalue weighted by Crippen LogP contribution is 2.36. The molecule has 5 rings (SSSR count). The van der Waals surface area contributed by atoms with Crippen molar-refractivity contribution in [2.45, 2.75) is 32.2 Å². The maximum Gasteiger partial charge on any atom is 0.151 e. The third-order valence-corrected chi connectivity index (χ3v) is 6.92. The van der Waals surface area contributed by atoms with Gasteiger partial charge in [0, 0.05) is 35.3 Å². The van der Waals surface area contributed by atoms with E-state index in [0.717, 1.165) is 59.2 Å². The van der Waals surface area contributed by atoms with E-state index in [0.29, 0.717) is 18.3 Å². The minimum atomic E-state index is 0.166. The predicted molar refractivity (Wildman–Crippen MR) is 144 cm³/mol. The average Bonchev–Trinajstić information content (AvgIpc) is 3.47. The van der Waals surface area contributed by atoms with Gasteiger partial charge in [-0.25, -0.2) is 9.50 Å². The van der Waals surface area contributed by atoms with E-state index in [1.807, 2.05) is 34.4 Å². The molecule has 36 heavy (non-hydrogen) atoms. The van der Waals surface area contributed by atoms with Crippen LogP contribution < -0.4 is 5.73 Å². The highest BCUT2D eigenvalue weighted by atomic mass is 16.3. The molecule has 0 aliphatic rings. The number of aliphatic hydroxyl groups is 1. The van der Waals surface area contributed by atoms with Gasteiger partial charge in [0.2, 0.25) is 0 Å². The van der Waals surface area contributed by atoms with Crippen LogP contribution in [0, 0.1) is 0 Å². The van der Waals surface area contributed by atoms with E-state index in [-0.39, 0.29) is 6.61 Å². The number of nitrogens with two attached hydrogens (primary N) is 1. The minimum absolute atomic E-state index is 0.166. The summed E-state index contributed by atoms with van der Waals surface area (Å²) in [5.74, 6) is 0.767. The molecule has 8 heteroatoms. The molecule has 3 heterocycles. The summed E-state index contributed by atoms with van der Waals surface area (Å²) in [5, 5.41) is 19.8. The van der Waals surface area contributed by atoms with Crippen molar-refractivity contribution in [3.05, 3.63) is 78.4 Å². The van der Waals surface area contributed by atoms with E-state index in [9.17, 15) is 5.11 Å². The van der Waals surface area contributed by atoms with Gasteiger partial charge in [0.05, 0.1) is 18.7 Å². The number of rotatable bonds is 10. The Hall–Kier alpha value is -3.75. The summed E-state index contributed by atoms with van der Waals surface area (Å²) >= 11 is 0. The van der Waals surface area contributed by atoms with Gasteiger partial charge < -0.3 is 15.7 Å². The average molecular weight is 484 g/mol. The van der Waals surface area contributed by atoms with E-state index < -0.39 is 0 Å². The highest BCUT2D eigenvalue weighted by Gasteiger charge is 2.21. The van der Waals surface area contributed by atoms with E-state index in [4.69, 9.17) is 10.8 Å². The molecular formula is C28H33N7O. The van der Waals surface area contributed by atoms with Crippen LogP contribution in [0.5, 0.6) is 0 Å². The second kappa shape index (κ2) is 10.5. The molecule has 0 bridgehead atoms. The Balaban J connectivity index is 1.51. The van der Waals surface area contributed by atoms with Crippen molar-refractivity contribution in [3.8, 4) is 11.1 Å². The van der Waals surface area contributed by atoms with Crippen LogP contribution >= 0.6 is 0 Å². The summed E-state index contributed by atoms with van der Waals surface area (Å²) in [6.07, 6.45) is 5.55. The predicted octanol–water partition coefficient (Wildman–Crippen LogP) is 4.18. The lowest BCUT2D eigenvalue weighted by Gasteiger charge is -2.20. The minimum Gasteiger partial charge on any atom is -0.395 e. The largest absolute Gasteiger partial charge is 0.395 e. The summed E-state index contributed by atoms with van der Waals surface area (Å²) in [7, 11) is 2.04. The number of benzene rings is 2. The summed E-state index contributed by atoms with van der Waals surface area (Å²) in [5.41, 5.74) is 12.6. The van der Waals surface area contributed by atoms with Crippen molar-refractivity contribution in [1.29, 1.82) is 0 Å². The monoisotopic (exact) mass is 483 g/mol. The fourth-order valence-corrected chi connectivity index (χ4v) is 4.91. The zero-order valence-corrected chi connectivity index (χ0v) is 20.9. The lowest BCUT2D eigenvalue weighted by molar-refractivity contribution is 0.216. The molecule has 1 unspecified atom stereocenters. The van der Waals surface area contributed by atoms with Gasteiger partial charge in [0.15, 0.2) is 5.82 Å². The van der Waals surface area contributed by atoms with Crippen LogP contribution in [-0.2, 0) is 6.54 Å². The van der Waals surface area contributed by atoms with Gasteiger partial charge in [-0.1, -0.05) is 49.4 Å². The van der Waals surface area contributed by atoms with Crippen LogP contribution in [0.4, 0.5) is 5.82 Å². The Morgan fingerprint density at radius 1 is 1.08 bits per heavy atom. The molecule has 5 aromatic rings. The summed E-state index contributed by atoms with van der Waals surface area (Å²) in [6.45, 7) is 4.66. The van der Waals surface area contributed by atoms with Crippen LogP contribution in [0.15, 0.2) is 67.1 Å². The number of hydrogen-bond donors (Lipinski definition) is 2.